The van der Waals surface area contributed by atoms with Crippen molar-refractivity contribution in [3.05, 3.63) is 75.9 Å². The molecule has 6 heteroatoms. The first-order chi connectivity index (χ1) is 13.5. The lowest BCUT2D eigenvalue weighted by atomic mass is 10.0. The summed E-state index contributed by atoms with van der Waals surface area (Å²) in [5.74, 6) is 0.368. The molecule has 0 spiro atoms. The van der Waals surface area contributed by atoms with Crippen molar-refractivity contribution in [1.29, 1.82) is 0 Å². The monoisotopic (exact) mass is 424 g/mol. The normalized spacial score (nSPS) is 11.1. The van der Waals surface area contributed by atoms with Gasteiger partial charge in [-0.2, -0.15) is 0 Å². The molecule has 4 rings (SSSR count). The number of hydrogen-bond donors (Lipinski definition) is 0. The lowest BCUT2D eigenvalue weighted by Crippen LogP contribution is -2.02. The summed E-state index contributed by atoms with van der Waals surface area (Å²) in [5.41, 5.74) is 5.44. The molecule has 0 aliphatic carbocycles. The van der Waals surface area contributed by atoms with E-state index in [0.29, 0.717) is 16.3 Å². The van der Waals surface area contributed by atoms with Gasteiger partial charge in [-0.25, -0.2) is 9.97 Å². The van der Waals surface area contributed by atoms with Crippen LogP contribution in [0.5, 0.6) is 0 Å². The van der Waals surface area contributed by atoms with Gasteiger partial charge in [0, 0.05) is 21.5 Å². The molecule has 0 amide bonds. The molecular weight excluding hydrogens is 408 g/mol. The zero-order valence-electron chi connectivity index (χ0n) is 15.4. The number of carbonyl (C=O) groups is 1. The van der Waals surface area contributed by atoms with Crippen molar-refractivity contribution in [2.75, 3.05) is 5.75 Å². The molecule has 28 heavy (non-hydrogen) atoms. The number of thioether (sulfide) groups is 1. The molecule has 2 aromatic carbocycles. The van der Waals surface area contributed by atoms with Crippen molar-refractivity contribution >= 4 is 50.7 Å². The minimum atomic E-state index is 0.0522. The van der Waals surface area contributed by atoms with Gasteiger partial charge in [0.15, 0.2) is 5.78 Å². The van der Waals surface area contributed by atoms with E-state index >= 15 is 0 Å². The van der Waals surface area contributed by atoms with Crippen molar-refractivity contribution in [2.24, 2.45) is 0 Å². The molecule has 0 aliphatic rings. The molecule has 0 fully saturated rings. The van der Waals surface area contributed by atoms with Crippen LogP contribution in [-0.2, 0) is 0 Å². The second-order valence-electron chi connectivity index (χ2n) is 6.53. The zero-order valence-corrected chi connectivity index (χ0v) is 17.8. The van der Waals surface area contributed by atoms with Gasteiger partial charge in [0.25, 0.3) is 0 Å². The van der Waals surface area contributed by atoms with E-state index in [1.54, 1.807) is 41.9 Å². The molecule has 2 heterocycles. The molecule has 0 saturated heterocycles. The maximum atomic E-state index is 12.5. The first-order valence-corrected chi connectivity index (χ1v) is 11.0. The molecule has 0 saturated carbocycles. The van der Waals surface area contributed by atoms with Gasteiger partial charge in [0.2, 0.25) is 0 Å². The van der Waals surface area contributed by atoms with Crippen LogP contribution < -0.4 is 0 Å². The maximum absolute atomic E-state index is 12.5. The Morgan fingerprint density at radius 2 is 1.86 bits per heavy atom. The number of carbonyl (C=O) groups excluding carboxylic acids is 1. The van der Waals surface area contributed by atoms with E-state index in [9.17, 15) is 4.79 Å². The van der Waals surface area contributed by atoms with Gasteiger partial charge in [-0.1, -0.05) is 41.6 Å². The summed E-state index contributed by atoms with van der Waals surface area (Å²) in [6.07, 6.45) is 1.57. The Hall–Kier alpha value is -2.21. The number of Topliss-reactive ketones (excluding diaryl/α,β-unsaturated/α-hetero) is 1. The molecule has 0 bridgehead atoms. The molecule has 0 N–H and O–H groups in total. The minimum Gasteiger partial charge on any atom is -0.293 e. The number of aryl methyl sites for hydroxylation is 2. The van der Waals surface area contributed by atoms with Gasteiger partial charge in [-0.3, -0.25) is 4.79 Å². The molecular formula is C22H17ClN2OS2. The van der Waals surface area contributed by atoms with E-state index in [1.165, 1.54) is 22.9 Å². The second-order valence-corrected chi connectivity index (χ2v) is 8.78. The van der Waals surface area contributed by atoms with Crippen LogP contribution >= 0.6 is 34.7 Å². The summed E-state index contributed by atoms with van der Waals surface area (Å²) in [7, 11) is 0. The SMILES string of the molecule is Cc1ccc(-c2csc3ncnc(SCC(=O)c4ccc(Cl)cc4)c23)cc1C. The lowest BCUT2D eigenvalue weighted by Gasteiger charge is -2.07. The Bertz CT molecular complexity index is 1170. The maximum Gasteiger partial charge on any atom is 0.173 e. The van der Waals surface area contributed by atoms with Gasteiger partial charge in [0.05, 0.1) is 11.1 Å². The number of hydrogen-bond acceptors (Lipinski definition) is 5. The Morgan fingerprint density at radius 3 is 2.61 bits per heavy atom. The number of aromatic nitrogens is 2. The van der Waals surface area contributed by atoms with Crippen LogP contribution in [0.1, 0.15) is 21.5 Å². The Labute approximate surface area is 176 Å². The van der Waals surface area contributed by atoms with E-state index < -0.39 is 0 Å². The van der Waals surface area contributed by atoms with Crippen LogP contribution in [0, 0.1) is 13.8 Å². The molecule has 140 valence electrons. The number of ketones is 1. The van der Waals surface area contributed by atoms with Crippen LogP contribution in [0.25, 0.3) is 21.3 Å². The first kappa shape index (κ1) is 19.1. The van der Waals surface area contributed by atoms with Crippen LogP contribution in [-0.4, -0.2) is 21.5 Å². The van der Waals surface area contributed by atoms with E-state index in [2.05, 4.69) is 47.4 Å². The van der Waals surface area contributed by atoms with Gasteiger partial charge < -0.3 is 0 Å². The third-order valence-electron chi connectivity index (χ3n) is 4.66. The third-order valence-corrected chi connectivity index (χ3v) is 6.79. The van der Waals surface area contributed by atoms with Crippen molar-refractivity contribution < 1.29 is 4.79 Å². The summed E-state index contributed by atoms with van der Waals surface area (Å²) in [6, 6.07) is 13.4. The predicted molar refractivity (Wildman–Crippen MR) is 119 cm³/mol. The van der Waals surface area contributed by atoms with E-state index in [4.69, 9.17) is 11.6 Å². The Balaban J connectivity index is 1.66. The molecule has 0 aliphatic heterocycles. The summed E-state index contributed by atoms with van der Waals surface area (Å²) >= 11 is 8.96. The number of nitrogens with zero attached hydrogens (tertiary/aromatic N) is 2. The van der Waals surface area contributed by atoms with Crippen molar-refractivity contribution in [3.8, 4) is 11.1 Å². The molecule has 3 nitrogen and oxygen atoms in total. The molecule has 0 unspecified atom stereocenters. The highest BCUT2D eigenvalue weighted by Crippen LogP contribution is 2.38. The first-order valence-electron chi connectivity index (χ1n) is 8.74. The lowest BCUT2D eigenvalue weighted by molar-refractivity contribution is 0.102. The van der Waals surface area contributed by atoms with E-state index in [-0.39, 0.29) is 5.78 Å². The average Bonchev–Trinajstić information content (AvgIpc) is 3.13. The van der Waals surface area contributed by atoms with Crippen molar-refractivity contribution in [2.45, 2.75) is 18.9 Å². The average molecular weight is 425 g/mol. The summed E-state index contributed by atoms with van der Waals surface area (Å²) in [6.45, 7) is 4.22. The summed E-state index contributed by atoms with van der Waals surface area (Å²) in [5, 5.41) is 4.60. The summed E-state index contributed by atoms with van der Waals surface area (Å²) < 4.78 is 0. The number of benzene rings is 2. The standard InChI is InChI=1S/C22H17ClN2OS2/c1-13-3-4-16(9-14(13)2)18-10-27-21-20(18)22(25-12-24-21)28-11-19(26)15-5-7-17(23)8-6-15/h3-10,12H,11H2,1-2H3. The van der Waals surface area contributed by atoms with Gasteiger partial charge in [-0.05, 0) is 54.8 Å². The quantitative estimate of drug-likeness (QED) is 0.205. The van der Waals surface area contributed by atoms with Crippen LogP contribution in [0.15, 0.2) is 59.2 Å². The number of halogens is 1. The number of rotatable bonds is 5. The van der Waals surface area contributed by atoms with Crippen LogP contribution in [0.4, 0.5) is 0 Å². The van der Waals surface area contributed by atoms with Gasteiger partial charge >= 0.3 is 0 Å². The predicted octanol–water partition coefficient (Wildman–Crippen LogP) is 6.60. The number of fused-ring (bicyclic) bond motifs is 1. The smallest absolute Gasteiger partial charge is 0.173 e. The summed E-state index contributed by atoms with van der Waals surface area (Å²) in [4.78, 5) is 22.4. The fraction of sp³-hybridized carbons (Fsp3) is 0.136. The van der Waals surface area contributed by atoms with Gasteiger partial charge in [0.1, 0.15) is 16.2 Å². The molecule has 0 atom stereocenters. The molecule has 2 aromatic heterocycles. The van der Waals surface area contributed by atoms with Gasteiger partial charge in [-0.15, -0.1) is 11.3 Å². The zero-order chi connectivity index (χ0) is 19.7. The molecule has 4 aromatic rings. The fourth-order valence-electron chi connectivity index (χ4n) is 2.93. The van der Waals surface area contributed by atoms with E-state index in [1.807, 2.05) is 0 Å². The third kappa shape index (κ3) is 3.83. The van der Waals surface area contributed by atoms with Crippen molar-refractivity contribution in [1.82, 2.24) is 9.97 Å². The Kier molecular flexibility index (Phi) is 5.49. The Morgan fingerprint density at radius 1 is 1.07 bits per heavy atom. The van der Waals surface area contributed by atoms with Crippen LogP contribution in [0.2, 0.25) is 5.02 Å². The van der Waals surface area contributed by atoms with E-state index in [0.717, 1.165) is 26.4 Å². The highest BCUT2D eigenvalue weighted by molar-refractivity contribution is 8.00. The largest absolute Gasteiger partial charge is 0.293 e. The highest BCUT2D eigenvalue weighted by Gasteiger charge is 2.15. The van der Waals surface area contributed by atoms with Crippen molar-refractivity contribution in [3.63, 3.8) is 0 Å². The molecule has 0 radical (unpaired) electrons. The highest BCUT2D eigenvalue weighted by atomic mass is 35.5. The number of thiophene rings is 1. The fourth-order valence-corrected chi connectivity index (χ4v) is 4.95. The topological polar surface area (TPSA) is 42.9 Å². The second kappa shape index (κ2) is 8.03. The van der Waals surface area contributed by atoms with Crippen LogP contribution in [0.3, 0.4) is 0 Å². The minimum absolute atomic E-state index is 0.0522.